The number of anilines is 2. The minimum atomic E-state index is -0.253. The van der Waals surface area contributed by atoms with Gasteiger partial charge in [-0.2, -0.15) is 0 Å². The Hall–Kier alpha value is -3.28. The Bertz CT molecular complexity index is 1260. The van der Waals surface area contributed by atoms with Gasteiger partial charge in [-0.05, 0) is 31.2 Å². The second kappa shape index (κ2) is 10.8. The van der Waals surface area contributed by atoms with E-state index in [1.165, 1.54) is 11.3 Å². The van der Waals surface area contributed by atoms with Crippen LogP contribution in [0.2, 0.25) is 0 Å². The summed E-state index contributed by atoms with van der Waals surface area (Å²) in [5.41, 5.74) is 3.04. The van der Waals surface area contributed by atoms with Gasteiger partial charge in [-0.25, -0.2) is 4.98 Å². The zero-order chi connectivity index (χ0) is 25.1. The van der Waals surface area contributed by atoms with Crippen LogP contribution in [-0.2, 0) is 16.1 Å². The first-order chi connectivity index (χ1) is 17.6. The number of nitrogens with one attached hydrogen (secondary N) is 1. The van der Waals surface area contributed by atoms with Crippen LogP contribution in [0.3, 0.4) is 0 Å². The summed E-state index contributed by atoms with van der Waals surface area (Å²) in [5.74, 6) is 0.541. The van der Waals surface area contributed by atoms with Crippen molar-refractivity contribution in [3.8, 4) is 5.75 Å². The molecule has 0 aliphatic carbocycles. The third-order valence-electron chi connectivity index (χ3n) is 6.52. The minimum Gasteiger partial charge on any atom is -0.494 e. The predicted molar refractivity (Wildman–Crippen MR) is 139 cm³/mol. The van der Waals surface area contributed by atoms with Gasteiger partial charge >= 0.3 is 0 Å². The van der Waals surface area contributed by atoms with Gasteiger partial charge in [0.2, 0.25) is 5.91 Å². The number of aromatic nitrogens is 2. The summed E-state index contributed by atoms with van der Waals surface area (Å²) in [6.45, 7) is 8.08. The normalized spacial score (nSPS) is 17.0. The molecular formula is C25H30N6O4S. The highest BCUT2D eigenvalue weighted by molar-refractivity contribution is 7.23. The molecule has 10 nitrogen and oxygen atoms in total. The number of morpholine rings is 1. The van der Waals surface area contributed by atoms with Crippen LogP contribution in [0.15, 0.2) is 30.5 Å². The van der Waals surface area contributed by atoms with E-state index in [0.717, 1.165) is 47.8 Å². The van der Waals surface area contributed by atoms with E-state index in [2.05, 4.69) is 25.1 Å². The number of benzene rings is 1. The molecule has 2 fully saturated rings. The average molecular weight is 511 g/mol. The van der Waals surface area contributed by atoms with E-state index in [0.29, 0.717) is 49.3 Å². The van der Waals surface area contributed by atoms with Crippen LogP contribution in [0.1, 0.15) is 23.0 Å². The Morgan fingerprint density at radius 3 is 2.78 bits per heavy atom. The van der Waals surface area contributed by atoms with Crippen molar-refractivity contribution >= 4 is 44.2 Å². The molecule has 11 heteroatoms. The van der Waals surface area contributed by atoms with Crippen molar-refractivity contribution in [2.45, 2.75) is 13.5 Å². The SMILES string of the molecule is CCN1CCN(Cc2cc(C(=O)Nc3nc4c(OC)ccc(N5CCOCC5)c4s3)ccn2)CC1=O. The number of amides is 2. The average Bonchev–Trinajstić information content (AvgIpc) is 3.32. The van der Waals surface area contributed by atoms with Gasteiger partial charge in [0.05, 0.1) is 42.9 Å². The van der Waals surface area contributed by atoms with Crippen molar-refractivity contribution in [2.75, 3.05) is 69.8 Å². The summed E-state index contributed by atoms with van der Waals surface area (Å²) in [5, 5.41) is 3.46. The molecule has 0 saturated carbocycles. The molecule has 2 aliphatic rings. The van der Waals surface area contributed by atoms with Crippen molar-refractivity contribution < 1.29 is 19.1 Å². The number of piperazine rings is 1. The number of carbonyl (C=O) groups excluding carboxylic acids is 2. The van der Waals surface area contributed by atoms with Crippen molar-refractivity contribution in [3.63, 3.8) is 0 Å². The van der Waals surface area contributed by atoms with Gasteiger partial charge in [0.25, 0.3) is 5.91 Å². The molecule has 2 amide bonds. The van der Waals surface area contributed by atoms with Gasteiger partial charge < -0.3 is 19.3 Å². The molecule has 190 valence electrons. The van der Waals surface area contributed by atoms with Crippen molar-refractivity contribution in [3.05, 3.63) is 41.7 Å². The quantitative estimate of drug-likeness (QED) is 0.518. The number of carbonyl (C=O) groups is 2. The molecule has 2 aliphatic heterocycles. The van der Waals surface area contributed by atoms with Crippen molar-refractivity contribution in [2.24, 2.45) is 0 Å². The molecule has 4 heterocycles. The Kier molecular flexibility index (Phi) is 7.30. The van der Waals surface area contributed by atoms with Gasteiger partial charge in [-0.15, -0.1) is 0 Å². The molecule has 1 N–H and O–H groups in total. The maximum Gasteiger partial charge on any atom is 0.257 e. The minimum absolute atomic E-state index is 0.125. The highest BCUT2D eigenvalue weighted by atomic mass is 32.1. The highest BCUT2D eigenvalue weighted by Gasteiger charge is 2.24. The third kappa shape index (κ3) is 5.13. The van der Waals surface area contributed by atoms with Gasteiger partial charge in [0.1, 0.15) is 11.3 Å². The van der Waals surface area contributed by atoms with E-state index in [1.807, 2.05) is 24.0 Å². The summed E-state index contributed by atoms with van der Waals surface area (Å²) in [4.78, 5) is 40.6. The van der Waals surface area contributed by atoms with Gasteiger partial charge in [-0.3, -0.25) is 24.8 Å². The smallest absolute Gasteiger partial charge is 0.257 e. The molecule has 0 unspecified atom stereocenters. The number of hydrogen-bond donors (Lipinski definition) is 1. The highest BCUT2D eigenvalue weighted by Crippen LogP contribution is 2.39. The lowest BCUT2D eigenvalue weighted by Gasteiger charge is -2.33. The summed E-state index contributed by atoms with van der Waals surface area (Å²) in [6, 6.07) is 7.42. The molecule has 36 heavy (non-hydrogen) atoms. The first-order valence-corrected chi connectivity index (χ1v) is 12.9. The lowest BCUT2D eigenvalue weighted by atomic mass is 10.2. The van der Waals surface area contributed by atoms with Crippen LogP contribution in [0.4, 0.5) is 10.8 Å². The Balaban J connectivity index is 1.32. The van der Waals surface area contributed by atoms with Gasteiger partial charge in [0.15, 0.2) is 5.13 Å². The van der Waals surface area contributed by atoms with E-state index < -0.39 is 0 Å². The Labute approximate surface area is 213 Å². The standard InChI is InChI=1S/C25H30N6O4S/c1-3-30-9-8-29(16-21(30)32)15-18-14-17(6-7-26-18)24(33)28-25-27-22-20(34-2)5-4-19(23(22)36-25)31-10-12-35-13-11-31/h4-7,14H,3,8-13,15-16H2,1-2H3,(H,27,28,33). The summed E-state index contributed by atoms with van der Waals surface area (Å²) < 4.78 is 12.0. The van der Waals surface area contributed by atoms with E-state index in [1.54, 1.807) is 25.4 Å². The first kappa shape index (κ1) is 24.4. The predicted octanol–water partition coefficient (Wildman–Crippen LogP) is 2.45. The van der Waals surface area contributed by atoms with Crippen LogP contribution in [0, 0.1) is 0 Å². The number of pyridine rings is 1. The monoisotopic (exact) mass is 510 g/mol. The zero-order valence-corrected chi connectivity index (χ0v) is 21.3. The maximum absolute atomic E-state index is 13.1. The van der Waals surface area contributed by atoms with Crippen molar-refractivity contribution in [1.82, 2.24) is 19.8 Å². The lowest BCUT2D eigenvalue weighted by molar-refractivity contribution is -0.135. The zero-order valence-electron chi connectivity index (χ0n) is 20.5. The van der Waals surface area contributed by atoms with Crippen LogP contribution >= 0.6 is 11.3 Å². The Morgan fingerprint density at radius 2 is 2.03 bits per heavy atom. The molecule has 1 aromatic carbocycles. The Morgan fingerprint density at radius 1 is 1.19 bits per heavy atom. The van der Waals surface area contributed by atoms with E-state index >= 15 is 0 Å². The third-order valence-corrected chi connectivity index (χ3v) is 7.52. The second-order valence-electron chi connectivity index (χ2n) is 8.76. The lowest BCUT2D eigenvalue weighted by Crippen LogP contribution is -2.49. The number of ether oxygens (including phenoxy) is 2. The molecule has 0 bridgehead atoms. The summed E-state index contributed by atoms with van der Waals surface area (Å²) in [6.07, 6.45) is 1.63. The molecule has 2 saturated heterocycles. The number of nitrogens with zero attached hydrogens (tertiary/aromatic N) is 5. The number of thiazole rings is 1. The van der Waals surface area contributed by atoms with Crippen LogP contribution in [-0.4, -0.2) is 91.2 Å². The largest absolute Gasteiger partial charge is 0.494 e. The molecule has 2 aromatic heterocycles. The first-order valence-electron chi connectivity index (χ1n) is 12.1. The number of hydrogen-bond acceptors (Lipinski definition) is 9. The second-order valence-corrected chi connectivity index (χ2v) is 9.76. The summed E-state index contributed by atoms with van der Waals surface area (Å²) >= 11 is 1.43. The fraction of sp³-hybridized carbons (Fsp3) is 0.440. The van der Waals surface area contributed by atoms with Crippen LogP contribution < -0.4 is 15.0 Å². The van der Waals surface area contributed by atoms with E-state index in [4.69, 9.17) is 9.47 Å². The molecule has 0 spiro atoms. The maximum atomic E-state index is 13.1. The van der Waals surface area contributed by atoms with Gasteiger partial charge in [-0.1, -0.05) is 11.3 Å². The number of likely N-dealkylation sites (N-methyl/N-ethyl adjacent to an activating group) is 1. The van der Waals surface area contributed by atoms with E-state index in [-0.39, 0.29) is 11.8 Å². The topological polar surface area (TPSA) is 100 Å². The number of fused-ring (bicyclic) bond motifs is 1. The fourth-order valence-electron chi connectivity index (χ4n) is 4.57. The molecule has 3 aromatic rings. The summed E-state index contributed by atoms with van der Waals surface area (Å²) in [7, 11) is 1.62. The molecule has 0 atom stereocenters. The van der Waals surface area contributed by atoms with E-state index in [9.17, 15) is 9.59 Å². The van der Waals surface area contributed by atoms with Crippen LogP contribution in [0.25, 0.3) is 10.2 Å². The van der Waals surface area contributed by atoms with Crippen molar-refractivity contribution in [1.29, 1.82) is 0 Å². The van der Waals surface area contributed by atoms with Gasteiger partial charge in [0, 0.05) is 51.0 Å². The number of rotatable bonds is 7. The van der Waals surface area contributed by atoms with Crippen LogP contribution in [0.5, 0.6) is 5.75 Å². The molecule has 5 rings (SSSR count). The molecule has 0 radical (unpaired) electrons. The molecular weight excluding hydrogens is 480 g/mol. The fourth-order valence-corrected chi connectivity index (χ4v) is 5.59. The number of methoxy groups -OCH3 is 1.